The van der Waals surface area contributed by atoms with Gasteiger partial charge in [-0.2, -0.15) is 10.1 Å². The highest BCUT2D eigenvalue weighted by atomic mass is 16.5. The average Bonchev–Trinajstić information content (AvgIpc) is 3.35. The Hall–Kier alpha value is -3.48. The van der Waals surface area contributed by atoms with E-state index in [1.165, 1.54) is 18.2 Å². The summed E-state index contributed by atoms with van der Waals surface area (Å²) in [5.41, 5.74) is 4.97. The van der Waals surface area contributed by atoms with Crippen LogP contribution in [0.25, 0.3) is 16.9 Å². The Morgan fingerprint density at radius 3 is 2.76 bits per heavy atom. The summed E-state index contributed by atoms with van der Waals surface area (Å²) in [5, 5.41) is 4.70. The Morgan fingerprint density at radius 1 is 1.10 bits per heavy atom. The van der Waals surface area contributed by atoms with Crippen molar-refractivity contribution in [2.45, 2.75) is 18.8 Å². The molecule has 1 unspecified atom stereocenters. The normalized spacial score (nSPS) is 18.0. The van der Waals surface area contributed by atoms with Crippen molar-refractivity contribution in [1.29, 1.82) is 0 Å². The molecule has 1 saturated carbocycles. The first-order valence-corrected chi connectivity index (χ1v) is 9.60. The lowest BCUT2D eigenvalue weighted by Gasteiger charge is -2.10. The number of hydrogen-bond donors (Lipinski definition) is 0. The van der Waals surface area contributed by atoms with Gasteiger partial charge in [0, 0.05) is 24.2 Å². The Bertz CT molecular complexity index is 1160. The van der Waals surface area contributed by atoms with E-state index in [0.717, 1.165) is 29.7 Å². The second-order valence-corrected chi connectivity index (χ2v) is 7.25. The van der Waals surface area contributed by atoms with Crippen LogP contribution in [0.15, 0.2) is 55.0 Å². The van der Waals surface area contributed by atoms with Crippen molar-refractivity contribution in [3.05, 3.63) is 66.1 Å². The van der Waals surface area contributed by atoms with Crippen molar-refractivity contribution < 1.29 is 9.47 Å². The van der Waals surface area contributed by atoms with Crippen LogP contribution in [0.3, 0.4) is 0 Å². The Balaban J connectivity index is 1.52. The maximum Gasteiger partial charge on any atom is 0.319 e. The van der Waals surface area contributed by atoms with Gasteiger partial charge >= 0.3 is 6.01 Å². The van der Waals surface area contributed by atoms with E-state index in [0.29, 0.717) is 17.7 Å². The molecule has 146 valence electrons. The van der Waals surface area contributed by atoms with Crippen LogP contribution in [-0.2, 0) is 6.42 Å². The smallest absolute Gasteiger partial charge is 0.319 e. The monoisotopic (exact) mass is 387 g/mol. The zero-order chi connectivity index (χ0) is 19.8. The molecular formula is C22H21N5O2. The van der Waals surface area contributed by atoms with Crippen LogP contribution in [0.4, 0.5) is 0 Å². The van der Waals surface area contributed by atoms with Crippen LogP contribution in [0.1, 0.15) is 23.5 Å². The second kappa shape index (κ2) is 7.16. The molecule has 1 fully saturated rings. The lowest BCUT2D eigenvalue weighted by atomic mass is 10.0. The van der Waals surface area contributed by atoms with Crippen molar-refractivity contribution in [3.8, 4) is 23.1 Å². The van der Waals surface area contributed by atoms with Crippen LogP contribution < -0.4 is 9.47 Å². The van der Waals surface area contributed by atoms with E-state index in [-0.39, 0.29) is 6.01 Å². The topological polar surface area (TPSA) is 74.4 Å². The van der Waals surface area contributed by atoms with Crippen LogP contribution >= 0.6 is 0 Å². The van der Waals surface area contributed by atoms with Crippen molar-refractivity contribution >= 4 is 5.65 Å². The number of hydrogen-bond acceptors (Lipinski definition) is 6. The summed E-state index contributed by atoms with van der Waals surface area (Å²) >= 11 is 0. The molecule has 0 bridgehead atoms. The molecule has 1 aliphatic carbocycles. The van der Waals surface area contributed by atoms with Gasteiger partial charge in [-0.1, -0.05) is 30.3 Å². The highest BCUT2D eigenvalue weighted by Gasteiger charge is 2.40. The first-order chi connectivity index (χ1) is 14.3. The second-order valence-electron chi connectivity index (χ2n) is 7.25. The SMILES string of the molecule is COc1ncc(-c2cc(C3C[C@@H]3Cc3ccccc3)c3nccn3n2)c(OC)n1. The fourth-order valence-corrected chi connectivity index (χ4v) is 3.90. The zero-order valence-corrected chi connectivity index (χ0v) is 16.3. The van der Waals surface area contributed by atoms with Crippen molar-refractivity contribution in [2.24, 2.45) is 5.92 Å². The molecule has 0 spiro atoms. The number of fused-ring (bicyclic) bond motifs is 1. The molecule has 0 radical (unpaired) electrons. The highest BCUT2D eigenvalue weighted by molar-refractivity contribution is 5.67. The van der Waals surface area contributed by atoms with Gasteiger partial charge in [0.15, 0.2) is 5.65 Å². The molecule has 7 heteroatoms. The summed E-state index contributed by atoms with van der Waals surface area (Å²) in [6, 6.07) is 13.0. The zero-order valence-electron chi connectivity index (χ0n) is 16.3. The predicted octanol–water partition coefficient (Wildman–Crippen LogP) is 3.55. The maximum absolute atomic E-state index is 5.46. The van der Waals surface area contributed by atoms with E-state index in [1.54, 1.807) is 19.5 Å². The third kappa shape index (κ3) is 3.29. The quantitative estimate of drug-likeness (QED) is 0.504. The molecule has 3 heterocycles. The Morgan fingerprint density at radius 2 is 1.97 bits per heavy atom. The van der Waals surface area contributed by atoms with Gasteiger partial charge < -0.3 is 9.47 Å². The van der Waals surface area contributed by atoms with Crippen LogP contribution in [0.2, 0.25) is 0 Å². The number of ether oxygens (including phenoxy) is 2. The largest absolute Gasteiger partial charge is 0.480 e. The molecule has 0 aliphatic heterocycles. The molecule has 7 nitrogen and oxygen atoms in total. The van der Waals surface area contributed by atoms with E-state index < -0.39 is 0 Å². The molecule has 0 N–H and O–H groups in total. The number of imidazole rings is 1. The molecule has 1 aliphatic rings. The number of aromatic nitrogens is 5. The number of rotatable bonds is 6. The minimum atomic E-state index is 0.264. The van der Waals surface area contributed by atoms with E-state index in [4.69, 9.17) is 14.6 Å². The average molecular weight is 387 g/mol. The summed E-state index contributed by atoms with van der Waals surface area (Å²) in [4.78, 5) is 13.1. The highest BCUT2D eigenvalue weighted by Crippen LogP contribution is 2.50. The summed E-state index contributed by atoms with van der Waals surface area (Å²) in [6.07, 6.45) is 7.57. The van der Waals surface area contributed by atoms with Crippen molar-refractivity contribution in [2.75, 3.05) is 14.2 Å². The molecule has 2 atom stereocenters. The number of methoxy groups -OCH3 is 2. The third-order valence-electron chi connectivity index (χ3n) is 5.43. The first kappa shape index (κ1) is 17.6. The molecular weight excluding hydrogens is 366 g/mol. The molecule has 0 amide bonds. The van der Waals surface area contributed by atoms with Crippen LogP contribution in [0, 0.1) is 5.92 Å². The fourth-order valence-electron chi connectivity index (χ4n) is 3.90. The molecule has 3 aromatic heterocycles. The minimum absolute atomic E-state index is 0.264. The molecule has 4 aromatic rings. The van der Waals surface area contributed by atoms with E-state index >= 15 is 0 Å². The summed E-state index contributed by atoms with van der Waals surface area (Å²) in [6.45, 7) is 0. The molecule has 29 heavy (non-hydrogen) atoms. The Labute approximate surface area is 168 Å². The summed E-state index contributed by atoms with van der Waals surface area (Å²) < 4.78 is 12.4. The standard InChI is InChI=1S/C22H21N5O2/c1-28-21-18(13-24-22(25-21)29-2)19-12-17(20-23-8-9-27(20)26-19)16-11-15(16)10-14-6-4-3-5-7-14/h3-9,12-13,15-16H,10-11H2,1-2H3/t15-,16?/m0/s1. The van der Waals surface area contributed by atoms with Gasteiger partial charge in [-0.05, 0) is 36.3 Å². The van der Waals surface area contributed by atoms with Gasteiger partial charge in [0.05, 0.1) is 25.5 Å². The lowest BCUT2D eigenvalue weighted by molar-refractivity contribution is 0.353. The third-order valence-corrected chi connectivity index (χ3v) is 5.43. The lowest BCUT2D eigenvalue weighted by Crippen LogP contribution is -2.03. The van der Waals surface area contributed by atoms with Crippen molar-refractivity contribution in [1.82, 2.24) is 24.6 Å². The number of benzene rings is 1. The van der Waals surface area contributed by atoms with Crippen LogP contribution in [0.5, 0.6) is 11.9 Å². The minimum Gasteiger partial charge on any atom is -0.480 e. The van der Waals surface area contributed by atoms with Gasteiger partial charge in [-0.3, -0.25) is 0 Å². The van der Waals surface area contributed by atoms with E-state index in [9.17, 15) is 0 Å². The van der Waals surface area contributed by atoms with Crippen molar-refractivity contribution in [3.63, 3.8) is 0 Å². The van der Waals surface area contributed by atoms with E-state index in [2.05, 4.69) is 51.4 Å². The molecule has 5 rings (SSSR count). The van der Waals surface area contributed by atoms with Gasteiger partial charge in [-0.25, -0.2) is 14.5 Å². The molecule has 1 aromatic carbocycles. The predicted molar refractivity (Wildman–Crippen MR) is 108 cm³/mol. The fraction of sp³-hybridized carbons (Fsp3) is 0.273. The van der Waals surface area contributed by atoms with Gasteiger partial charge in [0.2, 0.25) is 5.88 Å². The first-order valence-electron chi connectivity index (χ1n) is 9.60. The number of nitrogens with zero attached hydrogens (tertiary/aromatic N) is 5. The van der Waals surface area contributed by atoms with Crippen LogP contribution in [-0.4, -0.2) is 38.8 Å². The van der Waals surface area contributed by atoms with Gasteiger partial charge in [0.25, 0.3) is 0 Å². The Kier molecular flexibility index (Phi) is 4.35. The maximum atomic E-state index is 5.46. The van der Waals surface area contributed by atoms with Gasteiger partial charge in [-0.15, -0.1) is 0 Å². The van der Waals surface area contributed by atoms with Gasteiger partial charge in [0.1, 0.15) is 0 Å². The van der Waals surface area contributed by atoms with E-state index in [1.807, 2.05) is 10.7 Å². The molecule has 0 saturated heterocycles. The summed E-state index contributed by atoms with van der Waals surface area (Å²) in [7, 11) is 3.11. The summed E-state index contributed by atoms with van der Waals surface area (Å²) in [5.74, 6) is 1.51.